The van der Waals surface area contributed by atoms with Crippen molar-refractivity contribution >= 4 is 23.9 Å². The zero-order valence-corrected chi connectivity index (χ0v) is 25.2. The van der Waals surface area contributed by atoms with E-state index in [2.05, 4.69) is 16.6 Å². The molecule has 0 bridgehead atoms. The molecule has 2 aromatic rings. The van der Waals surface area contributed by atoms with Gasteiger partial charge in [-0.2, -0.15) is 0 Å². The number of nitrogens with one attached hydrogen (secondary N) is 2. The summed E-state index contributed by atoms with van der Waals surface area (Å²) in [4.78, 5) is 54.8. The van der Waals surface area contributed by atoms with Crippen molar-refractivity contribution in [3.05, 3.63) is 65.2 Å². The van der Waals surface area contributed by atoms with Gasteiger partial charge in [-0.05, 0) is 76.3 Å². The van der Waals surface area contributed by atoms with E-state index in [0.717, 1.165) is 6.42 Å². The largest absolute Gasteiger partial charge is 0.508 e. The van der Waals surface area contributed by atoms with E-state index >= 15 is 0 Å². The Bertz CT molecular complexity index is 1320. The van der Waals surface area contributed by atoms with Gasteiger partial charge in [0, 0.05) is 24.6 Å². The molecule has 1 aliphatic carbocycles. The molecule has 1 saturated carbocycles. The molecule has 10 heteroatoms. The molecule has 0 heterocycles. The second kappa shape index (κ2) is 15.1. The van der Waals surface area contributed by atoms with Crippen LogP contribution in [0.1, 0.15) is 76.1 Å². The summed E-state index contributed by atoms with van der Waals surface area (Å²) in [7, 11) is 0. The van der Waals surface area contributed by atoms with Gasteiger partial charge in [-0.15, -0.1) is 6.42 Å². The van der Waals surface area contributed by atoms with Crippen LogP contribution in [0.4, 0.5) is 4.79 Å². The molecule has 0 aliphatic heterocycles. The fourth-order valence-electron chi connectivity index (χ4n) is 4.78. The van der Waals surface area contributed by atoms with Crippen LogP contribution in [-0.4, -0.2) is 64.7 Å². The zero-order valence-electron chi connectivity index (χ0n) is 25.2. The molecular weight excluding hydrogens is 550 g/mol. The Kier molecular flexibility index (Phi) is 11.6. The van der Waals surface area contributed by atoms with Crippen LogP contribution in [0.5, 0.6) is 5.75 Å². The standard InChI is InChI=1S/C33H41N3O7/c1-6-23-11-8-9-14-26(23)29(30(39)34-20-19-28(38)42-7-2)36(24-12-10-13-24)31(40)27(35-32(41)43-33(3,4)5)21-22-15-17-25(37)18-16-22/h1,8-9,11,14-18,24,27,29,37H,7,10,12-13,19-21H2,2-5H3,(H,34,39)(H,35,41). The Hall–Kier alpha value is -4.52. The van der Waals surface area contributed by atoms with Crippen molar-refractivity contribution in [2.24, 2.45) is 0 Å². The quantitative estimate of drug-likeness (QED) is 0.251. The Balaban J connectivity index is 2.03. The van der Waals surface area contributed by atoms with Gasteiger partial charge in [0.1, 0.15) is 23.4 Å². The summed E-state index contributed by atoms with van der Waals surface area (Å²) in [5, 5.41) is 15.3. The number of amides is 3. The van der Waals surface area contributed by atoms with Crippen LogP contribution in [0.25, 0.3) is 0 Å². The van der Waals surface area contributed by atoms with Gasteiger partial charge in [0.25, 0.3) is 0 Å². The van der Waals surface area contributed by atoms with Crippen molar-refractivity contribution in [1.29, 1.82) is 0 Å². The molecule has 0 radical (unpaired) electrons. The SMILES string of the molecule is C#Cc1ccccc1C(C(=O)NCCC(=O)OCC)N(C(=O)C(Cc1ccc(O)cc1)NC(=O)OC(C)(C)C)C1CCC1. The van der Waals surface area contributed by atoms with Crippen molar-refractivity contribution in [3.8, 4) is 18.1 Å². The lowest BCUT2D eigenvalue weighted by Gasteiger charge is -2.44. The minimum atomic E-state index is -1.13. The van der Waals surface area contributed by atoms with Crippen molar-refractivity contribution < 1.29 is 33.8 Å². The number of benzene rings is 2. The van der Waals surface area contributed by atoms with Gasteiger partial charge >= 0.3 is 12.1 Å². The Labute approximate surface area is 253 Å². The maximum atomic E-state index is 14.5. The van der Waals surface area contributed by atoms with E-state index in [4.69, 9.17) is 15.9 Å². The minimum Gasteiger partial charge on any atom is -0.508 e. The number of nitrogens with zero attached hydrogens (tertiary/aromatic N) is 1. The van der Waals surface area contributed by atoms with E-state index in [9.17, 15) is 24.3 Å². The molecule has 3 amide bonds. The molecule has 3 N–H and O–H groups in total. The van der Waals surface area contributed by atoms with Gasteiger partial charge < -0.3 is 30.1 Å². The summed E-state index contributed by atoms with van der Waals surface area (Å²) in [6.45, 7) is 7.09. The minimum absolute atomic E-state index is 0.00613. The van der Waals surface area contributed by atoms with Crippen LogP contribution in [0.2, 0.25) is 0 Å². The summed E-state index contributed by atoms with van der Waals surface area (Å²) < 4.78 is 10.4. The van der Waals surface area contributed by atoms with Gasteiger partial charge in [-0.3, -0.25) is 14.4 Å². The number of phenolic OH excluding ortho intramolecular Hbond substituents is 1. The third kappa shape index (κ3) is 9.50. The number of terminal acetylenes is 1. The van der Waals surface area contributed by atoms with E-state index in [1.54, 1.807) is 64.1 Å². The molecule has 0 saturated heterocycles. The smallest absolute Gasteiger partial charge is 0.408 e. The van der Waals surface area contributed by atoms with Crippen LogP contribution in [-0.2, 0) is 30.3 Å². The second-order valence-corrected chi connectivity index (χ2v) is 11.4. The fourth-order valence-corrected chi connectivity index (χ4v) is 4.78. The van der Waals surface area contributed by atoms with Crippen LogP contribution in [0.15, 0.2) is 48.5 Å². The first kappa shape index (κ1) is 33.0. The molecule has 0 spiro atoms. The number of carbonyl (C=O) groups excluding carboxylic acids is 4. The van der Waals surface area contributed by atoms with E-state index in [1.807, 2.05) is 0 Å². The first-order valence-corrected chi connectivity index (χ1v) is 14.5. The Morgan fingerprint density at radius 1 is 1.09 bits per heavy atom. The molecule has 1 fully saturated rings. The number of aromatic hydroxyl groups is 1. The first-order valence-electron chi connectivity index (χ1n) is 14.5. The van der Waals surface area contributed by atoms with Gasteiger partial charge in [-0.1, -0.05) is 36.3 Å². The summed E-state index contributed by atoms with van der Waals surface area (Å²) in [5.41, 5.74) is 0.775. The molecule has 0 aromatic heterocycles. The molecule has 2 atom stereocenters. The van der Waals surface area contributed by atoms with E-state index in [1.165, 1.54) is 17.0 Å². The molecule has 43 heavy (non-hydrogen) atoms. The number of carbonyl (C=O) groups is 4. The van der Waals surface area contributed by atoms with Crippen molar-refractivity contribution in [2.75, 3.05) is 13.2 Å². The predicted molar refractivity (Wildman–Crippen MR) is 161 cm³/mol. The second-order valence-electron chi connectivity index (χ2n) is 11.4. The summed E-state index contributed by atoms with van der Waals surface area (Å²) >= 11 is 0. The Morgan fingerprint density at radius 2 is 1.77 bits per heavy atom. The highest BCUT2D eigenvalue weighted by Crippen LogP contribution is 2.35. The first-order chi connectivity index (χ1) is 20.4. The maximum Gasteiger partial charge on any atom is 0.408 e. The predicted octanol–water partition coefficient (Wildman–Crippen LogP) is 4.00. The third-order valence-corrected chi connectivity index (χ3v) is 6.96. The van der Waals surface area contributed by atoms with E-state index in [-0.39, 0.29) is 37.8 Å². The molecule has 2 unspecified atom stereocenters. The van der Waals surface area contributed by atoms with Crippen molar-refractivity contribution in [3.63, 3.8) is 0 Å². The lowest BCUT2D eigenvalue weighted by Crippen LogP contribution is -2.58. The average molecular weight is 592 g/mol. The van der Waals surface area contributed by atoms with Gasteiger partial charge in [0.05, 0.1) is 13.0 Å². The fraction of sp³-hybridized carbons (Fsp3) is 0.455. The Morgan fingerprint density at radius 3 is 2.35 bits per heavy atom. The molecule has 10 nitrogen and oxygen atoms in total. The van der Waals surface area contributed by atoms with Crippen LogP contribution in [0, 0.1) is 12.3 Å². The molecule has 2 aromatic carbocycles. The number of alkyl carbamates (subject to hydrolysis) is 1. The van der Waals surface area contributed by atoms with Crippen molar-refractivity contribution in [2.45, 2.75) is 83.5 Å². The summed E-state index contributed by atoms with van der Waals surface area (Å²) in [6, 6.07) is 10.7. The van der Waals surface area contributed by atoms with Crippen molar-refractivity contribution in [1.82, 2.24) is 15.5 Å². The highest BCUT2D eigenvalue weighted by atomic mass is 16.6. The number of esters is 1. The number of hydrogen-bond acceptors (Lipinski definition) is 7. The highest BCUT2D eigenvalue weighted by molar-refractivity contribution is 5.93. The zero-order chi connectivity index (χ0) is 31.6. The van der Waals surface area contributed by atoms with E-state index in [0.29, 0.717) is 29.5 Å². The molecule has 230 valence electrons. The number of hydrogen-bond donors (Lipinski definition) is 3. The van der Waals surface area contributed by atoms with Gasteiger partial charge in [0.2, 0.25) is 11.8 Å². The van der Waals surface area contributed by atoms with E-state index < -0.39 is 41.6 Å². The molecule has 3 rings (SSSR count). The number of ether oxygens (including phenoxy) is 2. The van der Waals surface area contributed by atoms with Crippen LogP contribution in [0.3, 0.4) is 0 Å². The topological polar surface area (TPSA) is 134 Å². The lowest BCUT2D eigenvalue weighted by atomic mass is 9.87. The summed E-state index contributed by atoms with van der Waals surface area (Å²) in [6.07, 6.45) is 7.27. The summed E-state index contributed by atoms with van der Waals surface area (Å²) in [5.74, 6) is 1.24. The third-order valence-electron chi connectivity index (χ3n) is 6.96. The van der Waals surface area contributed by atoms with Gasteiger partial charge in [0.15, 0.2) is 0 Å². The number of rotatable bonds is 12. The monoisotopic (exact) mass is 591 g/mol. The van der Waals surface area contributed by atoms with Crippen LogP contribution >= 0.6 is 0 Å². The molecule has 1 aliphatic rings. The number of phenols is 1. The lowest BCUT2D eigenvalue weighted by molar-refractivity contribution is -0.148. The maximum absolute atomic E-state index is 14.5. The van der Waals surface area contributed by atoms with Gasteiger partial charge in [-0.25, -0.2) is 4.79 Å². The van der Waals surface area contributed by atoms with Crippen LogP contribution < -0.4 is 10.6 Å². The average Bonchev–Trinajstić information content (AvgIpc) is 2.91. The highest BCUT2D eigenvalue weighted by Gasteiger charge is 2.42. The molecular formula is C33H41N3O7. The normalized spacial score (nSPS) is 14.3.